The number of esters is 1. The Labute approximate surface area is 173 Å². The fraction of sp³-hybridized carbons (Fsp3) is 0.273. The number of carbonyl (C=O) groups excluding carboxylic acids is 2. The Morgan fingerprint density at radius 3 is 2.40 bits per heavy atom. The topological polar surface area (TPSA) is 94.3 Å². The average molecular weight is 411 g/mol. The number of nitrogens with zero attached hydrogens (tertiary/aromatic N) is 2. The molecule has 7 nitrogen and oxygen atoms in total. The highest BCUT2D eigenvalue weighted by Gasteiger charge is 2.29. The van der Waals surface area contributed by atoms with E-state index in [1.54, 1.807) is 38.1 Å². The standard InChI is InChI=1S/C22H22FN3O4/c1-22(2,21(28)29-3)13-12-18-25-19(26-30-18)14-6-10-17(11-7-14)24-20(27)15-4-8-16(23)9-5-15/h4-11H,12-13H2,1-3H3,(H,24,27). The van der Waals surface area contributed by atoms with Crippen molar-refractivity contribution >= 4 is 17.6 Å². The molecule has 1 amide bonds. The van der Waals surface area contributed by atoms with Crippen LogP contribution in [0.3, 0.4) is 0 Å². The fourth-order valence-corrected chi connectivity index (χ4v) is 2.78. The lowest BCUT2D eigenvalue weighted by Gasteiger charge is -2.19. The first-order valence-corrected chi connectivity index (χ1v) is 9.37. The van der Waals surface area contributed by atoms with Crippen LogP contribution in [0.4, 0.5) is 10.1 Å². The number of carbonyl (C=O) groups is 2. The van der Waals surface area contributed by atoms with Gasteiger partial charge in [-0.05, 0) is 68.8 Å². The molecule has 1 heterocycles. The molecule has 0 saturated carbocycles. The monoisotopic (exact) mass is 411 g/mol. The number of ether oxygens (including phenoxy) is 1. The van der Waals surface area contributed by atoms with Gasteiger partial charge in [0.05, 0.1) is 12.5 Å². The van der Waals surface area contributed by atoms with Crippen LogP contribution in [-0.2, 0) is 16.0 Å². The van der Waals surface area contributed by atoms with Gasteiger partial charge in [-0.1, -0.05) is 5.16 Å². The zero-order valence-electron chi connectivity index (χ0n) is 16.9. The Balaban J connectivity index is 1.62. The molecule has 0 bridgehead atoms. The summed E-state index contributed by atoms with van der Waals surface area (Å²) < 4.78 is 23.0. The Hall–Kier alpha value is -3.55. The summed E-state index contributed by atoms with van der Waals surface area (Å²) in [5.41, 5.74) is 1.01. The quantitative estimate of drug-likeness (QED) is 0.584. The van der Waals surface area contributed by atoms with Crippen LogP contribution in [0.1, 0.15) is 36.5 Å². The maximum absolute atomic E-state index is 13.0. The maximum atomic E-state index is 13.0. The summed E-state index contributed by atoms with van der Waals surface area (Å²) in [7, 11) is 1.36. The maximum Gasteiger partial charge on any atom is 0.311 e. The molecule has 30 heavy (non-hydrogen) atoms. The zero-order valence-corrected chi connectivity index (χ0v) is 16.9. The number of methoxy groups -OCH3 is 1. The predicted molar refractivity (Wildman–Crippen MR) is 108 cm³/mol. The van der Waals surface area contributed by atoms with Crippen LogP contribution >= 0.6 is 0 Å². The van der Waals surface area contributed by atoms with Gasteiger partial charge in [-0.3, -0.25) is 9.59 Å². The second kappa shape index (κ2) is 8.86. The second-order valence-corrected chi connectivity index (χ2v) is 7.43. The third-order valence-electron chi connectivity index (χ3n) is 4.68. The van der Waals surface area contributed by atoms with E-state index in [1.807, 2.05) is 0 Å². The van der Waals surface area contributed by atoms with E-state index in [1.165, 1.54) is 31.4 Å². The van der Waals surface area contributed by atoms with Gasteiger partial charge in [-0.2, -0.15) is 4.98 Å². The van der Waals surface area contributed by atoms with Crippen molar-refractivity contribution in [3.8, 4) is 11.4 Å². The largest absolute Gasteiger partial charge is 0.469 e. The Kier molecular flexibility index (Phi) is 6.25. The first kappa shape index (κ1) is 21.2. The summed E-state index contributed by atoms with van der Waals surface area (Å²) in [6, 6.07) is 12.2. The van der Waals surface area contributed by atoms with Gasteiger partial charge in [0, 0.05) is 23.2 Å². The molecular weight excluding hydrogens is 389 g/mol. The molecule has 0 saturated heterocycles. The summed E-state index contributed by atoms with van der Waals surface area (Å²) in [4.78, 5) is 28.3. The Bertz CT molecular complexity index is 1030. The first-order valence-electron chi connectivity index (χ1n) is 9.37. The van der Waals surface area contributed by atoms with E-state index in [9.17, 15) is 14.0 Å². The molecule has 0 aliphatic heterocycles. The molecule has 1 N–H and O–H groups in total. The third-order valence-corrected chi connectivity index (χ3v) is 4.68. The molecular formula is C22H22FN3O4. The van der Waals surface area contributed by atoms with Crippen LogP contribution in [0.15, 0.2) is 53.1 Å². The van der Waals surface area contributed by atoms with E-state index >= 15 is 0 Å². The molecule has 3 aromatic rings. The van der Waals surface area contributed by atoms with Gasteiger partial charge in [-0.15, -0.1) is 0 Å². The summed E-state index contributed by atoms with van der Waals surface area (Å²) in [6.45, 7) is 3.60. The molecule has 0 unspecified atom stereocenters. The van der Waals surface area contributed by atoms with E-state index in [0.717, 1.165) is 5.56 Å². The van der Waals surface area contributed by atoms with Gasteiger partial charge in [-0.25, -0.2) is 4.39 Å². The average Bonchev–Trinajstić information content (AvgIpc) is 3.22. The van der Waals surface area contributed by atoms with Crippen LogP contribution in [0, 0.1) is 11.2 Å². The minimum absolute atomic E-state index is 0.291. The number of rotatable bonds is 7. The van der Waals surface area contributed by atoms with Crippen molar-refractivity contribution in [2.24, 2.45) is 5.41 Å². The molecule has 0 atom stereocenters. The van der Waals surface area contributed by atoms with E-state index < -0.39 is 11.2 Å². The molecule has 156 valence electrons. The van der Waals surface area contributed by atoms with Crippen LogP contribution in [0.25, 0.3) is 11.4 Å². The molecule has 1 aromatic heterocycles. The normalized spacial score (nSPS) is 11.2. The molecule has 8 heteroatoms. The van der Waals surface area contributed by atoms with Crippen molar-refractivity contribution in [2.75, 3.05) is 12.4 Å². The van der Waals surface area contributed by atoms with Crippen molar-refractivity contribution in [3.05, 3.63) is 65.8 Å². The molecule has 2 aromatic carbocycles. The Morgan fingerprint density at radius 2 is 1.77 bits per heavy atom. The molecule has 0 aliphatic carbocycles. The van der Waals surface area contributed by atoms with Gasteiger partial charge in [0.15, 0.2) is 0 Å². The summed E-state index contributed by atoms with van der Waals surface area (Å²) in [5, 5.41) is 6.72. The van der Waals surface area contributed by atoms with Crippen LogP contribution in [0.5, 0.6) is 0 Å². The van der Waals surface area contributed by atoms with Crippen molar-refractivity contribution in [2.45, 2.75) is 26.7 Å². The number of aryl methyl sites for hydroxylation is 1. The van der Waals surface area contributed by atoms with Crippen molar-refractivity contribution < 1.29 is 23.2 Å². The van der Waals surface area contributed by atoms with Crippen molar-refractivity contribution in [1.82, 2.24) is 10.1 Å². The number of hydrogen-bond donors (Lipinski definition) is 1. The number of nitrogens with one attached hydrogen (secondary N) is 1. The van der Waals surface area contributed by atoms with Crippen LogP contribution in [-0.4, -0.2) is 29.1 Å². The number of benzene rings is 2. The minimum atomic E-state index is -0.645. The summed E-state index contributed by atoms with van der Waals surface area (Å²) in [5.74, 6) is -0.185. The van der Waals surface area contributed by atoms with Crippen molar-refractivity contribution in [3.63, 3.8) is 0 Å². The molecule has 0 spiro atoms. The van der Waals surface area contributed by atoms with Gasteiger partial charge in [0.2, 0.25) is 11.7 Å². The highest BCUT2D eigenvalue weighted by molar-refractivity contribution is 6.04. The highest BCUT2D eigenvalue weighted by Crippen LogP contribution is 2.25. The van der Waals surface area contributed by atoms with Gasteiger partial charge in [0.1, 0.15) is 5.82 Å². The van der Waals surface area contributed by atoms with Gasteiger partial charge < -0.3 is 14.6 Å². The van der Waals surface area contributed by atoms with Gasteiger partial charge >= 0.3 is 5.97 Å². The number of anilines is 1. The first-order chi connectivity index (χ1) is 14.3. The fourth-order valence-electron chi connectivity index (χ4n) is 2.78. The Morgan fingerprint density at radius 1 is 1.10 bits per heavy atom. The summed E-state index contributed by atoms with van der Waals surface area (Å²) >= 11 is 0. The van der Waals surface area contributed by atoms with Crippen LogP contribution < -0.4 is 5.32 Å². The number of amides is 1. The molecule has 0 aliphatic rings. The molecule has 0 fully saturated rings. The SMILES string of the molecule is COC(=O)C(C)(C)CCc1nc(-c2ccc(NC(=O)c3ccc(F)cc3)cc2)no1. The van der Waals surface area contributed by atoms with E-state index in [4.69, 9.17) is 9.26 Å². The van der Waals surface area contributed by atoms with Crippen molar-refractivity contribution in [1.29, 1.82) is 0 Å². The van der Waals surface area contributed by atoms with E-state index in [2.05, 4.69) is 15.5 Å². The number of halogens is 1. The second-order valence-electron chi connectivity index (χ2n) is 7.43. The summed E-state index contributed by atoms with van der Waals surface area (Å²) in [6.07, 6.45) is 0.955. The molecule has 0 radical (unpaired) electrons. The number of hydrogen-bond acceptors (Lipinski definition) is 6. The molecule has 3 rings (SSSR count). The lowest BCUT2D eigenvalue weighted by molar-refractivity contribution is -0.151. The van der Waals surface area contributed by atoms with E-state index in [0.29, 0.717) is 35.8 Å². The smallest absolute Gasteiger partial charge is 0.311 e. The minimum Gasteiger partial charge on any atom is -0.469 e. The lowest BCUT2D eigenvalue weighted by atomic mass is 9.88. The number of aromatic nitrogens is 2. The zero-order chi connectivity index (χ0) is 21.7. The van der Waals surface area contributed by atoms with E-state index in [-0.39, 0.29) is 11.9 Å². The predicted octanol–water partition coefficient (Wildman–Crippen LogP) is 4.26. The highest BCUT2D eigenvalue weighted by atomic mass is 19.1. The lowest BCUT2D eigenvalue weighted by Crippen LogP contribution is -2.26. The van der Waals surface area contributed by atoms with Crippen LogP contribution in [0.2, 0.25) is 0 Å². The third kappa shape index (κ3) is 5.08. The van der Waals surface area contributed by atoms with Gasteiger partial charge in [0.25, 0.3) is 5.91 Å².